The maximum Gasteiger partial charge on any atom is 0.123 e. The van der Waals surface area contributed by atoms with Crippen molar-refractivity contribution in [1.82, 2.24) is 29.1 Å². The second-order valence-electron chi connectivity index (χ2n) is 10.9. The van der Waals surface area contributed by atoms with Crippen molar-refractivity contribution in [2.75, 3.05) is 6.26 Å². The summed E-state index contributed by atoms with van der Waals surface area (Å²) in [6.07, 6.45) is 13.2. The Kier molecular flexibility index (Phi) is 7.70. The molecule has 0 aliphatic carbocycles. The molecule has 0 bridgehead atoms. The van der Waals surface area contributed by atoms with Crippen molar-refractivity contribution in [3.05, 3.63) is 115 Å². The highest BCUT2D eigenvalue weighted by atomic mass is 32.2. The summed E-state index contributed by atoms with van der Waals surface area (Å²) >= 11 is 0. The van der Waals surface area contributed by atoms with Crippen molar-refractivity contribution in [3.8, 4) is 45.0 Å². The summed E-state index contributed by atoms with van der Waals surface area (Å²) in [5.74, 6) is 2.03. The lowest BCUT2D eigenvalue weighted by Crippen LogP contribution is -1.96. The Hall–Kier alpha value is -4.76. The minimum Gasteiger partial charge on any atom is -0.327 e. The molecule has 8 rings (SSSR count). The van der Waals surface area contributed by atoms with Gasteiger partial charge in [0.15, 0.2) is 0 Å². The Morgan fingerprint density at radius 1 is 0.614 bits per heavy atom. The van der Waals surface area contributed by atoms with Crippen LogP contribution >= 0.6 is 0 Å². The maximum atomic E-state index is 13.2. The van der Waals surface area contributed by atoms with Crippen LogP contribution in [-0.2, 0) is 36.7 Å². The highest BCUT2D eigenvalue weighted by Crippen LogP contribution is 2.37. The fraction of sp³-hybridized carbons (Fsp3) is 0.200. The molecular weight excluding hydrogens is 571 g/mol. The average molecular weight is 603 g/mol. The molecule has 0 radical (unpaired) electrons. The molecule has 9 heteroatoms. The predicted octanol–water partition coefficient (Wildman–Crippen LogP) is 6.99. The van der Waals surface area contributed by atoms with E-state index >= 15 is 0 Å². The number of aromatic nitrogens is 6. The Balaban J connectivity index is 0.000000143. The largest absolute Gasteiger partial charge is 0.327 e. The standard InChI is InChI=1S/C18H17N3OS.C17H14FN3/c1-23(22)15-6-4-13(5-7-15)17-18(14-8-10-19-11-9-14)21-12-2-3-16(21)20-17;18-14-5-3-12(4-6-14)16-17(13-7-9-19-10-8-13)21-11-1-2-15(21)20-16/h4-11H,2-3,12H2,1H3;3-10H,1-2,11H2. The molecular formula is C35H31FN6OS. The summed E-state index contributed by atoms with van der Waals surface area (Å²) in [5, 5.41) is 0. The van der Waals surface area contributed by atoms with Gasteiger partial charge >= 0.3 is 0 Å². The molecule has 0 fully saturated rings. The van der Waals surface area contributed by atoms with Crippen LogP contribution in [0.4, 0.5) is 4.39 Å². The first-order chi connectivity index (χ1) is 21.6. The van der Waals surface area contributed by atoms with Crippen LogP contribution in [0.25, 0.3) is 45.0 Å². The minimum absolute atomic E-state index is 0.226. The van der Waals surface area contributed by atoms with E-state index in [1.165, 1.54) is 12.1 Å². The van der Waals surface area contributed by atoms with Gasteiger partial charge in [-0.15, -0.1) is 0 Å². The van der Waals surface area contributed by atoms with Gasteiger partial charge in [0.2, 0.25) is 0 Å². The molecule has 0 saturated carbocycles. The highest BCUT2D eigenvalue weighted by molar-refractivity contribution is 7.84. The van der Waals surface area contributed by atoms with Gasteiger partial charge in [-0.2, -0.15) is 0 Å². The highest BCUT2D eigenvalue weighted by Gasteiger charge is 2.24. The SMILES string of the molecule is CS(=O)c1ccc(-c2nc3n(c2-c2ccncc2)CCC3)cc1.Fc1ccc(-c2nc3n(c2-c2ccncc2)CCC3)cc1. The zero-order valence-electron chi connectivity index (χ0n) is 24.4. The molecule has 2 aromatic carbocycles. The molecule has 1 unspecified atom stereocenters. The van der Waals surface area contributed by atoms with Crippen LogP contribution in [0.15, 0.2) is 102 Å². The third kappa shape index (κ3) is 5.39. The van der Waals surface area contributed by atoms with Crippen molar-refractivity contribution in [1.29, 1.82) is 0 Å². The van der Waals surface area contributed by atoms with Gasteiger partial charge in [0, 0.05) is 94.9 Å². The quantitative estimate of drug-likeness (QED) is 0.213. The number of fused-ring (bicyclic) bond motifs is 2. The number of rotatable bonds is 5. The summed E-state index contributed by atoms with van der Waals surface area (Å²) in [6.45, 7) is 2.00. The lowest BCUT2D eigenvalue weighted by atomic mass is 10.1. The summed E-state index contributed by atoms with van der Waals surface area (Å²) in [4.78, 5) is 18.7. The van der Waals surface area contributed by atoms with E-state index in [0.717, 1.165) is 100 Å². The number of halogens is 1. The van der Waals surface area contributed by atoms with Crippen LogP contribution in [0.1, 0.15) is 24.5 Å². The molecule has 6 heterocycles. The molecule has 7 nitrogen and oxygen atoms in total. The molecule has 44 heavy (non-hydrogen) atoms. The molecule has 0 saturated heterocycles. The lowest BCUT2D eigenvalue weighted by Gasteiger charge is -2.08. The third-order valence-electron chi connectivity index (χ3n) is 8.14. The monoisotopic (exact) mass is 602 g/mol. The van der Waals surface area contributed by atoms with E-state index < -0.39 is 10.8 Å². The van der Waals surface area contributed by atoms with Crippen molar-refractivity contribution < 1.29 is 8.60 Å². The van der Waals surface area contributed by atoms with Crippen LogP contribution in [0, 0.1) is 5.82 Å². The molecule has 1 atom stereocenters. The number of hydrogen-bond acceptors (Lipinski definition) is 5. The Labute approximate surface area is 258 Å². The van der Waals surface area contributed by atoms with Crippen molar-refractivity contribution >= 4 is 10.8 Å². The number of benzene rings is 2. The first-order valence-electron chi connectivity index (χ1n) is 14.8. The summed E-state index contributed by atoms with van der Waals surface area (Å²) in [5.41, 5.74) is 8.44. The maximum absolute atomic E-state index is 13.2. The van der Waals surface area contributed by atoms with Gasteiger partial charge in [0.05, 0.1) is 22.8 Å². The van der Waals surface area contributed by atoms with Gasteiger partial charge in [0.25, 0.3) is 0 Å². The number of hydrogen-bond donors (Lipinski definition) is 0. The number of pyridine rings is 2. The second kappa shape index (κ2) is 12.1. The molecule has 2 aliphatic rings. The van der Waals surface area contributed by atoms with Crippen molar-refractivity contribution in [2.24, 2.45) is 0 Å². The predicted molar refractivity (Wildman–Crippen MR) is 171 cm³/mol. The number of aryl methyl sites for hydroxylation is 2. The lowest BCUT2D eigenvalue weighted by molar-refractivity contribution is 0.628. The third-order valence-corrected chi connectivity index (χ3v) is 9.08. The van der Waals surface area contributed by atoms with E-state index in [0.29, 0.717) is 0 Å². The Morgan fingerprint density at radius 2 is 1.05 bits per heavy atom. The first-order valence-corrected chi connectivity index (χ1v) is 16.3. The zero-order valence-corrected chi connectivity index (χ0v) is 25.2. The van der Waals surface area contributed by atoms with E-state index in [-0.39, 0.29) is 5.82 Å². The Morgan fingerprint density at radius 3 is 1.48 bits per heavy atom. The van der Waals surface area contributed by atoms with Crippen LogP contribution in [0.3, 0.4) is 0 Å². The van der Waals surface area contributed by atoms with Gasteiger partial charge < -0.3 is 9.13 Å². The van der Waals surface area contributed by atoms with Crippen LogP contribution in [0.2, 0.25) is 0 Å². The summed E-state index contributed by atoms with van der Waals surface area (Å²) < 4.78 is 29.3. The van der Waals surface area contributed by atoms with E-state index in [2.05, 4.69) is 19.1 Å². The van der Waals surface area contributed by atoms with Gasteiger partial charge in [-0.3, -0.25) is 14.2 Å². The van der Waals surface area contributed by atoms with Gasteiger partial charge in [-0.1, -0.05) is 12.1 Å². The topological polar surface area (TPSA) is 78.5 Å². The number of nitrogens with zero attached hydrogens (tertiary/aromatic N) is 6. The molecule has 0 spiro atoms. The molecule has 220 valence electrons. The van der Waals surface area contributed by atoms with E-state index in [9.17, 15) is 8.60 Å². The van der Waals surface area contributed by atoms with Crippen molar-refractivity contribution in [3.63, 3.8) is 0 Å². The normalized spacial score (nSPS) is 14.0. The molecule has 2 aliphatic heterocycles. The molecule has 4 aromatic heterocycles. The van der Waals surface area contributed by atoms with Gasteiger partial charge in [-0.25, -0.2) is 14.4 Å². The van der Waals surface area contributed by atoms with Gasteiger partial charge in [0.1, 0.15) is 17.5 Å². The second-order valence-corrected chi connectivity index (χ2v) is 12.3. The number of imidazole rings is 2. The van der Waals surface area contributed by atoms with Crippen LogP contribution < -0.4 is 0 Å². The van der Waals surface area contributed by atoms with Gasteiger partial charge in [-0.05, 0) is 73.5 Å². The van der Waals surface area contributed by atoms with E-state index in [1.54, 1.807) is 30.8 Å². The fourth-order valence-electron chi connectivity index (χ4n) is 6.07. The molecule has 0 N–H and O–H groups in total. The van der Waals surface area contributed by atoms with Crippen LogP contribution in [0.5, 0.6) is 0 Å². The van der Waals surface area contributed by atoms with Crippen LogP contribution in [-0.4, -0.2) is 39.5 Å². The zero-order chi connectivity index (χ0) is 30.0. The van der Waals surface area contributed by atoms with E-state index in [1.807, 2.05) is 60.9 Å². The fourth-order valence-corrected chi connectivity index (χ4v) is 6.59. The summed E-state index contributed by atoms with van der Waals surface area (Å²) in [7, 11) is -0.958. The summed E-state index contributed by atoms with van der Waals surface area (Å²) in [6, 6.07) is 22.5. The smallest absolute Gasteiger partial charge is 0.123 e. The minimum atomic E-state index is -0.958. The van der Waals surface area contributed by atoms with E-state index in [4.69, 9.17) is 9.97 Å². The first kappa shape index (κ1) is 28.0. The average Bonchev–Trinajstić information content (AvgIpc) is 3.84. The van der Waals surface area contributed by atoms with Crippen molar-refractivity contribution in [2.45, 2.75) is 43.7 Å². The molecule has 6 aromatic rings. The Bertz CT molecular complexity index is 1930. The molecule has 0 amide bonds.